The standard InChI is InChI=1S/C19H16FNO3/c1-2-12-5-4-8-15-16(10-21-18(12)15)17(22)11-24-19(23)13-6-3-7-14(20)9-13/h3-10,21H,2,11H2,1H3. The van der Waals surface area contributed by atoms with Crippen molar-refractivity contribution in [1.29, 1.82) is 0 Å². The summed E-state index contributed by atoms with van der Waals surface area (Å²) in [5, 5.41) is 0.807. The van der Waals surface area contributed by atoms with Crippen molar-refractivity contribution in [2.45, 2.75) is 13.3 Å². The van der Waals surface area contributed by atoms with E-state index >= 15 is 0 Å². The summed E-state index contributed by atoms with van der Waals surface area (Å²) in [6, 6.07) is 10.9. The van der Waals surface area contributed by atoms with E-state index in [2.05, 4.69) is 4.98 Å². The first-order valence-corrected chi connectivity index (χ1v) is 7.65. The lowest BCUT2D eigenvalue weighted by Crippen LogP contribution is -2.14. The first-order valence-electron chi connectivity index (χ1n) is 7.65. The third-order valence-electron chi connectivity index (χ3n) is 3.88. The molecule has 122 valence electrons. The second-order valence-corrected chi connectivity index (χ2v) is 5.41. The summed E-state index contributed by atoms with van der Waals surface area (Å²) >= 11 is 0. The number of carbonyl (C=O) groups is 2. The number of Topliss-reactive ketones (excluding diaryl/α,β-unsaturated/α-hetero) is 1. The number of H-pyrrole nitrogens is 1. The summed E-state index contributed by atoms with van der Waals surface area (Å²) in [7, 11) is 0. The summed E-state index contributed by atoms with van der Waals surface area (Å²) in [5.41, 5.74) is 2.59. The Balaban J connectivity index is 1.75. The van der Waals surface area contributed by atoms with E-state index in [9.17, 15) is 14.0 Å². The Morgan fingerprint density at radius 1 is 1.17 bits per heavy atom. The van der Waals surface area contributed by atoms with Gasteiger partial charge < -0.3 is 9.72 Å². The van der Waals surface area contributed by atoms with Crippen LogP contribution in [0.3, 0.4) is 0 Å². The number of benzene rings is 2. The van der Waals surface area contributed by atoms with Crippen molar-refractivity contribution >= 4 is 22.7 Å². The van der Waals surface area contributed by atoms with Gasteiger partial charge in [0.1, 0.15) is 5.82 Å². The molecule has 2 aromatic carbocycles. The molecular formula is C19H16FNO3. The third-order valence-corrected chi connectivity index (χ3v) is 3.88. The second-order valence-electron chi connectivity index (χ2n) is 5.41. The van der Waals surface area contributed by atoms with Gasteiger partial charge in [-0.3, -0.25) is 4.79 Å². The van der Waals surface area contributed by atoms with Gasteiger partial charge in [-0.05, 0) is 30.2 Å². The summed E-state index contributed by atoms with van der Waals surface area (Å²) in [4.78, 5) is 27.3. The van der Waals surface area contributed by atoms with Crippen molar-refractivity contribution in [2.24, 2.45) is 0 Å². The van der Waals surface area contributed by atoms with Gasteiger partial charge in [-0.25, -0.2) is 9.18 Å². The largest absolute Gasteiger partial charge is 0.454 e. The molecule has 0 spiro atoms. The summed E-state index contributed by atoms with van der Waals surface area (Å²) < 4.78 is 18.1. The fourth-order valence-electron chi connectivity index (χ4n) is 2.65. The van der Waals surface area contributed by atoms with Crippen molar-refractivity contribution < 1.29 is 18.7 Å². The van der Waals surface area contributed by atoms with E-state index in [1.165, 1.54) is 18.2 Å². The molecule has 0 bridgehead atoms. The SMILES string of the molecule is CCc1cccc2c(C(=O)COC(=O)c3cccc(F)c3)c[nH]c12. The van der Waals surface area contributed by atoms with E-state index in [4.69, 9.17) is 4.74 Å². The number of esters is 1. The molecule has 5 heteroatoms. The van der Waals surface area contributed by atoms with E-state index in [0.717, 1.165) is 29.0 Å². The fraction of sp³-hybridized carbons (Fsp3) is 0.158. The number of hydrogen-bond donors (Lipinski definition) is 1. The predicted molar refractivity (Wildman–Crippen MR) is 88.7 cm³/mol. The van der Waals surface area contributed by atoms with Gasteiger partial charge >= 0.3 is 5.97 Å². The van der Waals surface area contributed by atoms with Crippen molar-refractivity contribution in [3.05, 3.63) is 71.2 Å². The number of ketones is 1. The summed E-state index contributed by atoms with van der Waals surface area (Å²) in [6.45, 7) is 1.65. The molecule has 0 aliphatic heterocycles. The van der Waals surface area contributed by atoms with Gasteiger partial charge in [0.25, 0.3) is 0 Å². The van der Waals surface area contributed by atoms with Crippen LogP contribution in [0.25, 0.3) is 10.9 Å². The molecule has 0 saturated heterocycles. The number of carbonyl (C=O) groups excluding carboxylic acids is 2. The highest BCUT2D eigenvalue weighted by molar-refractivity contribution is 6.09. The van der Waals surface area contributed by atoms with Crippen LogP contribution < -0.4 is 0 Å². The molecule has 1 N–H and O–H groups in total. The van der Waals surface area contributed by atoms with Crippen LogP contribution in [-0.4, -0.2) is 23.3 Å². The molecule has 0 unspecified atom stereocenters. The minimum absolute atomic E-state index is 0.0787. The first-order chi connectivity index (χ1) is 11.6. The summed E-state index contributed by atoms with van der Waals surface area (Å²) in [5.74, 6) is -1.56. The Labute approximate surface area is 138 Å². The number of nitrogens with one attached hydrogen (secondary N) is 1. The number of aryl methyl sites for hydroxylation is 1. The Bertz CT molecular complexity index is 914. The van der Waals surface area contributed by atoms with Crippen LogP contribution in [0, 0.1) is 5.82 Å². The van der Waals surface area contributed by atoms with E-state index < -0.39 is 18.4 Å². The number of ether oxygens (including phenoxy) is 1. The molecule has 3 aromatic rings. The zero-order valence-corrected chi connectivity index (χ0v) is 13.1. The number of aromatic amines is 1. The minimum Gasteiger partial charge on any atom is -0.454 e. The van der Waals surface area contributed by atoms with Crippen LogP contribution in [0.4, 0.5) is 4.39 Å². The molecule has 0 amide bonds. The normalized spacial score (nSPS) is 10.8. The van der Waals surface area contributed by atoms with E-state index in [1.54, 1.807) is 6.20 Å². The molecule has 24 heavy (non-hydrogen) atoms. The van der Waals surface area contributed by atoms with E-state index in [1.807, 2.05) is 25.1 Å². The number of hydrogen-bond acceptors (Lipinski definition) is 3. The molecule has 0 aliphatic rings. The van der Waals surface area contributed by atoms with Crippen LogP contribution in [-0.2, 0) is 11.2 Å². The third kappa shape index (κ3) is 3.06. The minimum atomic E-state index is -0.725. The lowest BCUT2D eigenvalue weighted by atomic mass is 10.1. The summed E-state index contributed by atoms with van der Waals surface area (Å²) in [6.07, 6.45) is 2.47. The Kier molecular flexibility index (Phi) is 4.42. The maximum absolute atomic E-state index is 13.1. The molecule has 3 rings (SSSR count). The average Bonchev–Trinajstić information content (AvgIpc) is 3.03. The van der Waals surface area contributed by atoms with Crippen LogP contribution >= 0.6 is 0 Å². The monoisotopic (exact) mass is 325 g/mol. The number of aromatic nitrogens is 1. The lowest BCUT2D eigenvalue weighted by molar-refractivity contribution is 0.0474. The average molecular weight is 325 g/mol. The van der Waals surface area contributed by atoms with Gasteiger partial charge in [0.15, 0.2) is 6.61 Å². The zero-order valence-electron chi connectivity index (χ0n) is 13.1. The number of rotatable bonds is 5. The lowest BCUT2D eigenvalue weighted by Gasteiger charge is -2.04. The van der Waals surface area contributed by atoms with Crippen molar-refractivity contribution in [1.82, 2.24) is 4.98 Å². The maximum Gasteiger partial charge on any atom is 0.338 e. The molecule has 4 nitrogen and oxygen atoms in total. The zero-order chi connectivity index (χ0) is 17.1. The van der Waals surface area contributed by atoms with Crippen molar-refractivity contribution in [3.63, 3.8) is 0 Å². The van der Waals surface area contributed by atoms with Gasteiger partial charge in [-0.2, -0.15) is 0 Å². The molecule has 0 saturated carbocycles. The van der Waals surface area contributed by atoms with Crippen LogP contribution in [0.2, 0.25) is 0 Å². The highest BCUT2D eigenvalue weighted by Crippen LogP contribution is 2.22. The highest BCUT2D eigenvalue weighted by atomic mass is 19.1. The Morgan fingerprint density at radius 2 is 1.96 bits per heavy atom. The fourth-order valence-corrected chi connectivity index (χ4v) is 2.65. The Hall–Kier alpha value is -2.95. The highest BCUT2D eigenvalue weighted by Gasteiger charge is 2.16. The van der Waals surface area contributed by atoms with Crippen molar-refractivity contribution in [3.8, 4) is 0 Å². The smallest absolute Gasteiger partial charge is 0.338 e. The number of para-hydroxylation sites is 1. The van der Waals surface area contributed by atoms with Crippen LogP contribution in [0.5, 0.6) is 0 Å². The quantitative estimate of drug-likeness (QED) is 0.571. The van der Waals surface area contributed by atoms with E-state index in [0.29, 0.717) is 5.56 Å². The molecule has 0 fully saturated rings. The van der Waals surface area contributed by atoms with Gasteiger partial charge in [0, 0.05) is 22.7 Å². The predicted octanol–water partition coefficient (Wildman–Crippen LogP) is 3.91. The van der Waals surface area contributed by atoms with Gasteiger partial charge in [0.05, 0.1) is 5.56 Å². The maximum atomic E-state index is 13.1. The first kappa shape index (κ1) is 15.9. The molecule has 0 aliphatic carbocycles. The molecule has 1 aromatic heterocycles. The molecular weight excluding hydrogens is 309 g/mol. The molecule has 0 atom stereocenters. The van der Waals surface area contributed by atoms with Crippen LogP contribution in [0.15, 0.2) is 48.7 Å². The molecule has 0 radical (unpaired) electrons. The van der Waals surface area contributed by atoms with Gasteiger partial charge in [-0.15, -0.1) is 0 Å². The van der Waals surface area contributed by atoms with E-state index in [-0.39, 0.29) is 11.3 Å². The van der Waals surface area contributed by atoms with Gasteiger partial charge in [0.2, 0.25) is 5.78 Å². The number of fused-ring (bicyclic) bond motifs is 1. The van der Waals surface area contributed by atoms with Crippen LogP contribution in [0.1, 0.15) is 33.2 Å². The van der Waals surface area contributed by atoms with Crippen molar-refractivity contribution in [2.75, 3.05) is 6.61 Å². The Morgan fingerprint density at radius 3 is 2.71 bits per heavy atom. The number of halogens is 1. The topological polar surface area (TPSA) is 59.2 Å². The van der Waals surface area contributed by atoms with Gasteiger partial charge in [-0.1, -0.05) is 31.2 Å². The molecule has 1 heterocycles. The second kappa shape index (κ2) is 6.66.